The molecule has 0 aliphatic carbocycles. The lowest BCUT2D eigenvalue weighted by molar-refractivity contribution is 0.553. The molecule has 0 amide bonds. The Hall–Kier alpha value is -0.370. The van der Waals surface area contributed by atoms with Crippen molar-refractivity contribution in [2.24, 2.45) is 0 Å². The molecule has 12 heavy (non-hydrogen) atoms. The van der Waals surface area contributed by atoms with E-state index in [4.69, 9.17) is 0 Å². The Bertz CT molecular complexity index is 237. The van der Waals surface area contributed by atoms with Crippen LogP contribution in [0.2, 0.25) is 0 Å². The molecule has 1 aromatic heterocycles. The second-order valence-corrected chi connectivity index (χ2v) is 5.46. The second-order valence-electron chi connectivity index (χ2n) is 3.09. The Kier molecular flexibility index (Phi) is 2.18. The van der Waals surface area contributed by atoms with E-state index in [0.717, 1.165) is 0 Å². The van der Waals surface area contributed by atoms with E-state index in [9.17, 15) is 0 Å². The van der Waals surface area contributed by atoms with Crippen LogP contribution in [0.1, 0.15) is 0 Å². The highest BCUT2D eigenvalue weighted by molar-refractivity contribution is 7.51. The maximum Gasteiger partial charge on any atom is 0.152 e. The maximum atomic E-state index is 2.41. The number of likely N-dealkylation sites (N-methyl/N-ethyl adjacent to an activating group) is 2. The lowest BCUT2D eigenvalue weighted by Crippen LogP contribution is -2.12. The highest BCUT2D eigenvalue weighted by Crippen LogP contribution is 2.46. The van der Waals surface area contributed by atoms with E-state index in [1.54, 1.807) is 0 Å². The monoisotopic (exact) mass is 183 g/mol. The molecule has 66 valence electrons. The van der Waals surface area contributed by atoms with Gasteiger partial charge in [-0.2, -0.15) is 0 Å². The summed E-state index contributed by atoms with van der Waals surface area (Å²) in [6, 6.07) is 4.17. The zero-order chi connectivity index (χ0) is 8.55. The molecule has 0 bridgehead atoms. The third kappa shape index (κ3) is 1.28. The molecule has 0 aromatic carbocycles. The molecule has 4 heteroatoms. The molecule has 0 spiro atoms. The summed E-state index contributed by atoms with van der Waals surface area (Å²) in [5.41, 5.74) is 0. The van der Waals surface area contributed by atoms with Crippen molar-refractivity contribution in [2.45, 2.75) is 0 Å². The van der Waals surface area contributed by atoms with E-state index in [-0.39, 0.29) is 8.37 Å². The molecule has 3 nitrogen and oxygen atoms in total. The van der Waals surface area contributed by atoms with Crippen molar-refractivity contribution in [1.29, 1.82) is 0 Å². The molecule has 0 unspecified atom stereocenters. The number of hydrogen-bond acceptors (Lipinski definition) is 2. The quantitative estimate of drug-likeness (QED) is 0.610. The van der Waals surface area contributed by atoms with Gasteiger partial charge < -0.3 is 4.34 Å². The van der Waals surface area contributed by atoms with Gasteiger partial charge >= 0.3 is 0 Å². The SMILES string of the molecule is CN1CCN(C)P1n1cccc1. The Labute approximate surface area is 74.5 Å². The average Bonchev–Trinajstić information content (AvgIpc) is 2.61. The molecule has 0 saturated carbocycles. The standard InChI is InChI=1S/C8H14N3P/c1-9-7-8-10(2)12(9)11-5-3-4-6-11/h3-6H,7-8H2,1-2H3. The van der Waals surface area contributed by atoms with Gasteiger partial charge in [-0.25, -0.2) is 0 Å². The molecule has 2 rings (SSSR count). The van der Waals surface area contributed by atoms with Crippen molar-refractivity contribution >= 4 is 8.37 Å². The van der Waals surface area contributed by atoms with Crippen molar-refractivity contribution in [3.63, 3.8) is 0 Å². The highest BCUT2D eigenvalue weighted by Gasteiger charge is 2.27. The summed E-state index contributed by atoms with van der Waals surface area (Å²) < 4.78 is 7.12. The van der Waals surface area contributed by atoms with E-state index in [1.165, 1.54) is 13.1 Å². The average molecular weight is 183 g/mol. The van der Waals surface area contributed by atoms with Crippen molar-refractivity contribution < 1.29 is 0 Å². The lowest BCUT2D eigenvalue weighted by atomic mass is 10.6. The summed E-state index contributed by atoms with van der Waals surface area (Å²) in [7, 11) is 4.14. The van der Waals surface area contributed by atoms with Gasteiger partial charge in [-0.1, -0.05) is 0 Å². The van der Waals surface area contributed by atoms with Gasteiger partial charge in [0.25, 0.3) is 0 Å². The number of aromatic nitrogens is 1. The predicted molar refractivity (Wildman–Crippen MR) is 52.0 cm³/mol. The topological polar surface area (TPSA) is 11.4 Å². The molecule has 0 radical (unpaired) electrons. The van der Waals surface area contributed by atoms with Crippen molar-refractivity contribution in [3.8, 4) is 0 Å². The number of nitrogens with zero attached hydrogens (tertiary/aromatic N) is 3. The van der Waals surface area contributed by atoms with Gasteiger partial charge in [-0.3, -0.25) is 9.34 Å². The molecule has 1 aliphatic rings. The first-order chi connectivity index (χ1) is 5.79. The normalized spacial score (nSPS) is 22.2. The minimum atomic E-state index is -0.242. The summed E-state index contributed by atoms with van der Waals surface area (Å²) in [4.78, 5) is 0. The third-order valence-electron chi connectivity index (χ3n) is 2.15. The Morgan fingerprint density at radius 2 is 1.50 bits per heavy atom. The van der Waals surface area contributed by atoms with Gasteiger partial charge in [0.1, 0.15) is 0 Å². The second kappa shape index (κ2) is 3.17. The molecule has 0 N–H and O–H groups in total. The molecular formula is C8H14N3P. The first-order valence-corrected chi connectivity index (χ1v) is 5.34. The van der Waals surface area contributed by atoms with Gasteiger partial charge in [0.15, 0.2) is 8.37 Å². The van der Waals surface area contributed by atoms with Gasteiger partial charge in [-0.15, -0.1) is 0 Å². The molecule has 1 saturated heterocycles. The van der Waals surface area contributed by atoms with Crippen LogP contribution in [-0.4, -0.2) is 40.9 Å². The van der Waals surface area contributed by atoms with Gasteiger partial charge in [-0.05, 0) is 26.2 Å². The fraction of sp³-hybridized carbons (Fsp3) is 0.500. The first kappa shape index (κ1) is 8.24. The van der Waals surface area contributed by atoms with Crippen LogP contribution in [0.15, 0.2) is 24.5 Å². The molecule has 2 heterocycles. The third-order valence-corrected chi connectivity index (χ3v) is 4.45. The fourth-order valence-corrected chi connectivity index (χ4v) is 3.68. The Morgan fingerprint density at radius 3 is 2.00 bits per heavy atom. The van der Waals surface area contributed by atoms with Crippen LogP contribution in [0.5, 0.6) is 0 Å². The summed E-state index contributed by atoms with van der Waals surface area (Å²) in [5.74, 6) is 0. The Balaban J connectivity index is 2.22. The number of rotatable bonds is 1. The zero-order valence-corrected chi connectivity index (χ0v) is 8.41. The zero-order valence-electron chi connectivity index (χ0n) is 7.51. The molecule has 1 aromatic rings. The molecule has 1 fully saturated rings. The first-order valence-electron chi connectivity index (χ1n) is 4.14. The molecule has 1 aliphatic heterocycles. The minimum absolute atomic E-state index is 0.242. The minimum Gasteiger partial charge on any atom is -0.308 e. The smallest absolute Gasteiger partial charge is 0.152 e. The molecular weight excluding hydrogens is 169 g/mol. The van der Waals surface area contributed by atoms with Crippen LogP contribution >= 0.6 is 8.37 Å². The number of hydrogen-bond donors (Lipinski definition) is 0. The van der Waals surface area contributed by atoms with E-state index in [2.05, 4.69) is 52.3 Å². The van der Waals surface area contributed by atoms with E-state index in [1.807, 2.05) is 0 Å². The van der Waals surface area contributed by atoms with Gasteiger partial charge in [0.05, 0.1) is 0 Å². The van der Waals surface area contributed by atoms with Gasteiger partial charge in [0.2, 0.25) is 0 Å². The van der Waals surface area contributed by atoms with Gasteiger partial charge in [0, 0.05) is 25.5 Å². The van der Waals surface area contributed by atoms with Crippen molar-refractivity contribution in [2.75, 3.05) is 27.2 Å². The summed E-state index contributed by atoms with van der Waals surface area (Å²) in [6.07, 6.45) is 4.29. The van der Waals surface area contributed by atoms with Crippen LogP contribution in [0, 0.1) is 0 Å². The predicted octanol–water partition coefficient (Wildman–Crippen LogP) is 1.44. The Morgan fingerprint density at radius 1 is 1.00 bits per heavy atom. The lowest BCUT2D eigenvalue weighted by Gasteiger charge is -2.24. The van der Waals surface area contributed by atoms with E-state index >= 15 is 0 Å². The largest absolute Gasteiger partial charge is 0.308 e. The van der Waals surface area contributed by atoms with Crippen LogP contribution in [0.25, 0.3) is 0 Å². The summed E-state index contributed by atoms with van der Waals surface area (Å²) in [6.45, 7) is 2.36. The van der Waals surface area contributed by atoms with Crippen LogP contribution < -0.4 is 0 Å². The van der Waals surface area contributed by atoms with Crippen LogP contribution in [0.3, 0.4) is 0 Å². The fourth-order valence-electron chi connectivity index (χ4n) is 1.53. The van der Waals surface area contributed by atoms with E-state index < -0.39 is 0 Å². The highest BCUT2D eigenvalue weighted by atomic mass is 31.2. The molecule has 0 atom stereocenters. The van der Waals surface area contributed by atoms with Crippen LogP contribution in [0.4, 0.5) is 0 Å². The summed E-state index contributed by atoms with van der Waals surface area (Å²) >= 11 is 0. The van der Waals surface area contributed by atoms with Crippen molar-refractivity contribution in [3.05, 3.63) is 24.5 Å². The summed E-state index contributed by atoms with van der Waals surface area (Å²) in [5, 5.41) is 0. The van der Waals surface area contributed by atoms with E-state index in [0.29, 0.717) is 0 Å². The maximum absolute atomic E-state index is 2.41. The van der Waals surface area contributed by atoms with Crippen molar-refractivity contribution in [1.82, 2.24) is 13.7 Å². The van der Waals surface area contributed by atoms with Crippen LogP contribution in [-0.2, 0) is 0 Å².